The average Bonchev–Trinajstić information content (AvgIpc) is 3.15. The molecule has 0 fully saturated rings. The number of allylic oxidation sites excluding steroid dienone is 2. The third-order valence-electron chi connectivity index (χ3n) is 11.6. The van der Waals surface area contributed by atoms with Crippen molar-refractivity contribution in [1.29, 1.82) is 0 Å². The largest absolute Gasteiger partial charge is 0.299 e. The fourth-order valence-electron chi connectivity index (χ4n) is 7.90. The van der Waals surface area contributed by atoms with Crippen LogP contribution in [0, 0.1) is 5.92 Å². The maximum absolute atomic E-state index is 13.4. The highest BCUT2D eigenvalue weighted by Crippen LogP contribution is 2.22. The zero-order chi connectivity index (χ0) is 37.8. The summed E-state index contributed by atoms with van der Waals surface area (Å²) in [6.45, 7) is 6.86. The molecule has 0 atom stereocenters. The Morgan fingerprint density at radius 1 is 0.308 bits per heavy atom. The van der Waals surface area contributed by atoms with Crippen LogP contribution in [0.2, 0.25) is 0 Å². The van der Waals surface area contributed by atoms with Crippen LogP contribution in [0.5, 0.6) is 0 Å². The molecule has 52 heavy (non-hydrogen) atoms. The minimum Gasteiger partial charge on any atom is -0.299 e. The molecule has 0 spiro atoms. The molecule has 0 saturated carbocycles. The van der Waals surface area contributed by atoms with Crippen LogP contribution in [0.25, 0.3) is 0 Å². The van der Waals surface area contributed by atoms with E-state index in [1.165, 1.54) is 212 Å². The average molecular weight is 729 g/mol. The van der Waals surface area contributed by atoms with Crippen molar-refractivity contribution in [3.8, 4) is 0 Å². The van der Waals surface area contributed by atoms with Crippen molar-refractivity contribution in [1.82, 2.24) is 0 Å². The molecular formula is C50H96O2. The summed E-state index contributed by atoms with van der Waals surface area (Å²) in [5.74, 6) is 0.205. The van der Waals surface area contributed by atoms with E-state index in [2.05, 4.69) is 32.9 Å². The van der Waals surface area contributed by atoms with Gasteiger partial charge in [0.25, 0.3) is 0 Å². The van der Waals surface area contributed by atoms with Crippen LogP contribution < -0.4 is 0 Å². The zero-order valence-electron chi connectivity index (χ0n) is 36.2. The number of hydrogen-bond donors (Lipinski definition) is 0. The van der Waals surface area contributed by atoms with Crippen molar-refractivity contribution in [3.05, 3.63) is 12.2 Å². The molecule has 308 valence electrons. The molecule has 0 aromatic carbocycles. The molecule has 0 rings (SSSR count). The van der Waals surface area contributed by atoms with Crippen molar-refractivity contribution in [2.24, 2.45) is 5.92 Å². The SMILES string of the molecule is CCCCCCCCC=CCCCCCCCC(C(=O)CCCCCCCCCCCCCCC)C(=O)CCCCCCCCCCCCCCC. The third-order valence-corrected chi connectivity index (χ3v) is 11.6. The first-order chi connectivity index (χ1) is 25.7. The second kappa shape index (κ2) is 44.5. The van der Waals surface area contributed by atoms with Gasteiger partial charge in [-0.2, -0.15) is 0 Å². The summed E-state index contributed by atoms with van der Waals surface area (Å²) in [5.41, 5.74) is 0. The Labute approximate surface area is 328 Å². The van der Waals surface area contributed by atoms with E-state index in [0.717, 1.165) is 44.9 Å². The highest BCUT2D eigenvalue weighted by atomic mass is 16.1. The molecule has 0 aliphatic heterocycles. The van der Waals surface area contributed by atoms with Gasteiger partial charge in [0.2, 0.25) is 0 Å². The molecule has 2 nitrogen and oxygen atoms in total. The lowest BCUT2D eigenvalue weighted by Crippen LogP contribution is -2.24. The first-order valence-electron chi connectivity index (χ1n) is 24.4. The Hall–Kier alpha value is -0.920. The molecule has 0 aromatic rings. The van der Waals surface area contributed by atoms with Crippen molar-refractivity contribution < 1.29 is 9.59 Å². The van der Waals surface area contributed by atoms with E-state index in [1.54, 1.807) is 0 Å². The summed E-state index contributed by atoms with van der Waals surface area (Å²) < 4.78 is 0. The number of ketones is 2. The smallest absolute Gasteiger partial charge is 0.143 e. The van der Waals surface area contributed by atoms with Gasteiger partial charge in [0.1, 0.15) is 11.6 Å². The highest BCUT2D eigenvalue weighted by molar-refractivity contribution is 6.02. The summed E-state index contributed by atoms with van der Waals surface area (Å²) in [6, 6.07) is 0. The molecule has 0 amide bonds. The van der Waals surface area contributed by atoms with Crippen LogP contribution in [0.15, 0.2) is 12.2 Å². The van der Waals surface area contributed by atoms with E-state index in [-0.39, 0.29) is 17.5 Å². The van der Waals surface area contributed by atoms with Gasteiger partial charge in [0, 0.05) is 12.8 Å². The monoisotopic (exact) mass is 729 g/mol. The lowest BCUT2D eigenvalue weighted by Gasteiger charge is -2.15. The molecule has 0 radical (unpaired) electrons. The summed E-state index contributed by atoms with van der Waals surface area (Å²) in [5, 5.41) is 0. The molecule has 0 N–H and O–H groups in total. The first-order valence-corrected chi connectivity index (χ1v) is 24.4. The van der Waals surface area contributed by atoms with Gasteiger partial charge >= 0.3 is 0 Å². The number of rotatable bonds is 45. The minimum absolute atomic E-state index is 0.262. The minimum atomic E-state index is -0.320. The fourth-order valence-corrected chi connectivity index (χ4v) is 7.90. The van der Waals surface area contributed by atoms with Crippen LogP contribution in [-0.4, -0.2) is 11.6 Å². The predicted octanol–water partition coefficient (Wildman–Crippen LogP) is 17.7. The summed E-state index contributed by atoms with van der Waals surface area (Å²) in [6.07, 6.45) is 57.9. The van der Waals surface area contributed by atoms with E-state index in [4.69, 9.17) is 0 Å². The number of carbonyl (C=O) groups is 2. The molecular weight excluding hydrogens is 633 g/mol. The second-order valence-electron chi connectivity index (χ2n) is 16.8. The lowest BCUT2D eigenvalue weighted by atomic mass is 9.87. The molecule has 0 aliphatic carbocycles. The molecule has 0 unspecified atom stereocenters. The number of Topliss-reactive ketones (excluding diaryl/α,β-unsaturated/α-hetero) is 2. The summed E-state index contributed by atoms with van der Waals surface area (Å²) in [4.78, 5) is 26.7. The van der Waals surface area contributed by atoms with Crippen molar-refractivity contribution in [3.63, 3.8) is 0 Å². The third kappa shape index (κ3) is 38.8. The number of unbranched alkanes of at least 4 members (excludes halogenated alkanes) is 35. The van der Waals surface area contributed by atoms with E-state index in [0.29, 0.717) is 12.8 Å². The van der Waals surface area contributed by atoms with E-state index in [1.807, 2.05) is 0 Å². The van der Waals surface area contributed by atoms with Gasteiger partial charge in [0.15, 0.2) is 0 Å². The first kappa shape index (κ1) is 51.1. The standard InChI is InChI=1S/C50H96O2/c1-4-7-10-13-16-19-22-25-26-29-30-33-36-39-42-45-48(49(51)46-43-40-37-34-31-27-23-20-17-14-11-8-5-2)50(52)47-44-41-38-35-32-28-24-21-18-15-12-9-6-3/h25-26,48H,4-24,27-47H2,1-3H3. The predicted molar refractivity (Wildman–Crippen MR) is 234 cm³/mol. The Kier molecular flexibility index (Phi) is 43.7. The zero-order valence-corrected chi connectivity index (χ0v) is 36.2. The number of hydrogen-bond acceptors (Lipinski definition) is 2. The topological polar surface area (TPSA) is 34.1 Å². The molecule has 0 saturated heterocycles. The van der Waals surface area contributed by atoms with Crippen molar-refractivity contribution >= 4 is 11.6 Å². The summed E-state index contributed by atoms with van der Waals surface area (Å²) in [7, 11) is 0. The van der Waals surface area contributed by atoms with Gasteiger partial charge in [-0.1, -0.05) is 245 Å². The van der Waals surface area contributed by atoms with Crippen molar-refractivity contribution in [2.45, 2.75) is 290 Å². The maximum Gasteiger partial charge on any atom is 0.143 e. The lowest BCUT2D eigenvalue weighted by molar-refractivity contribution is -0.133. The molecule has 0 aromatic heterocycles. The molecule has 0 aliphatic rings. The van der Waals surface area contributed by atoms with Gasteiger partial charge in [0.05, 0.1) is 5.92 Å². The second-order valence-corrected chi connectivity index (χ2v) is 16.8. The molecule has 2 heteroatoms. The van der Waals surface area contributed by atoms with Crippen LogP contribution in [-0.2, 0) is 9.59 Å². The van der Waals surface area contributed by atoms with Crippen molar-refractivity contribution in [2.75, 3.05) is 0 Å². The Balaban J connectivity index is 4.26. The molecule has 0 bridgehead atoms. The fraction of sp³-hybridized carbons (Fsp3) is 0.920. The Bertz CT molecular complexity index is 697. The maximum atomic E-state index is 13.4. The van der Waals surface area contributed by atoms with Gasteiger partial charge in [-0.3, -0.25) is 9.59 Å². The Morgan fingerprint density at radius 2 is 0.538 bits per heavy atom. The van der Waals surface area contributed by atoms with E-state index in [9.17, 15) is 9.59 Å². The van der Waals surface area contributed by atoms with Crippen LogP contribution in [0.4, 0.5) is 0 Å². The normalized spacial score (nSPS) is 11.8. The van der Waals surface area contributed by atoms with Crippen LogP contribution >= 0.6 is 0 Å². The summed E-state index contributed by atoms with van der Waals surface area (Å²) >= 11 is 0. The van der Waals surface area contributed by atoms with Gasteiger partial charge in [-0.25, -0.2) is 0 Å². The Morgan fingerprint density at radius 3 is 0.827 bits per heavy atom. The highest BCUT2D eigenvalue weighted by Gasteiger charge is 2.24. The van der Waals surface area contributed by atoms with Crippen LogP contribution in [0.3, 0.4) is 0 Å². The quantitative estimate of drug-likeness (QED) is 0.0355. The van der Waals surface area contributed by atoms with Gasteiger partial charge in [-0.15, -0.1) is 0 Å². The van der Waals surface area contributed by atoms with Crippen LogP contribution in [0.1, 0.15) is 290 Å². The molecule has 0 heterocycles. The van der Waals surface area contributed by atoms with Gasteiger partial charge < -0.3 is 0 Å². The van der Waals surface area contributed by atoms with E-state index >= 15 is 0 Å². The number of carbonyl (C=O) groups excluding carboxylic acids is 2. The van der Waals surface area contributed by atoms with E-state index < -0.39 is 0 Å². The van der Waals surface area contributed by atoms with Gasteiger partial charge in [-0.05, 0) is 44.9 Å².